The van der Waals surface area contributed by atoms with Gasteiger partial charge >= 0.3 is 17.9 Å². The van der Waals surface area contributed by atoms with Gasteiger partial charge in [-0.1, -0.05) is 23.7 Å². The Labute approximate surface area is 172 Å². The van der Waals surface area contributed by atoms with E-state index in [9.17, 15) is 27.6 Å². The highest BCUT2D eigenvalue weighted by Crippen LogP contribution is 2.36. The molecule has 0 saturated carbocycles. The summed E-state index contributed by atoms with van der Waals surface area (Å²) in [5.41, 5.74) is -0.778. The second-order valence-electron chi connectivity index (χ2n) is 6.13. The number of aryl methyl sites for hydroxylation is 1. The van der Waals surface area contributed by atoms with Crippen molar-refractivity contribution in [3.8, 4) is 0 Å². The molecule has 1 N–H and O–H groups in total. The zero-order valence-electron chi connectivity index (χ0n) is 15.2. The highest BCUT2D eigenvalue weighted by molar-refractivity contribution is 6.30. The summed E-state index contributed by atoms with van der Waals surface area (Å²) in [6.07, 6.45) is -4.98. The number of ether oxygens (including phenoxy) is 1. The third-order valence-electron chi connectivity index (χ3n) is 4.04. The van der Waals surface area contributed by atoms with Crippen LogP contribution in [0.3, 0.4) is 0 Å². The smallest absolute Gasteiger partial charge is 0.419 e. The number of hydrogen-bond acceptors (Lipinski definition) is 5. The normalized spacial score (nSPS) is 11.5. The molecule has 1 aromatic heterocycles. The molecule has 30 heavy (non-hydrogen) atoms. The monoisotopic (exact) mass is 442 g/mol. The van der Waals surface area contributed by atoms with E-state index in [2.05, 4.69) is 0 Å². The van der Waals surface area contributed by atoms with Gasteiger partial charge in [0.1, 0.15) is 0 Å². The van der Waals surface area contributed by atoms with E-state index in [1.807, 2.05) is 5.32 Å². The van der Waals surface area contributed by atoms with E-state index in [0.717, 1.165) is 6.07 Å². The molecule has 0 aliphatic heterocycles. The molecule has 1 amide bonds. The molecule has 0 bridgehead atoms. The summed E-state index contributed by atoms with van der Waals surface area (Å²) >= 11 is 5.57. The SMILES string of the molecule is O=C(COC(=O)CCn1c(=O)oc2ccccc21)Nc1ccc(Cl)cc1C(F)(F)F. The zero-order chi connectivity index (χ0) is 21.9. The lowest BCUT2D eigenvalue weighted by atomic mass is 10.1. The van der Waals surface area contributed by atoms with E-state index < -0.39 is 41.7 Å². The Morgan fingerprint density at radius 1 is 1.17 bits per heavy atom. The van der Waals surface area contributed by atoms with Crippen LogP contribution in [0, 0.1) is 0 Å². The van der Waals surface area contributed by atoms with Crippen LogP contribution < -0.4 is 11.1 Å². The summed E-state index contributed by atoms with van der Waals surface area (Å²) < 4.78 is 50.2. The van der Waals surface area contributed by atoms with E-state index >= 15 is 0 Å². The maximum absolute atomic E-state index is 13.0. The van der Waals surface area contributed by atoms with Crippen molar-refractivity contribution >= 4 is 40.3 Å². The molecule has 11 heteroatoms. The van der Waals surface area contributed by atoms with Gasteiger partial charge in [-0.05, 0) is 30.3 Å². The molecular weight excluding hydrogens is 429 g/mol. The Hall–Kier alpha value is -3.27. The Bertz CT molecular complexity index is 1150. The van der Waals surface area contributed by atoms with Crippen LogP contribution in [0.5, 0.6) is 0 Å². The number of esters is 1. The van der Waals surface area contributed by atoms with Crippen LogP contribution in [-0.4, -0.2) is 23.1 Å². The van der Waals surface area contributed by atoms with E-state index in [4.69, 9.17) is 20.8 Å². The average molecular weight is 443 g/mol. The number of rotatable bonds is 6. The fraction of sp³-hybridized carbons (Fsp3) is 0.211. The van der Waals surface area contributed by atoms with Gasteiger partial charge in [0.05, 0.1) is 23.2 Å². The molecule has 7 nitrogen and oxygen atoms in total. The van der Waals surface area contributed by atoms with Crippen molar-refractivity contribution in [2.45, 2.75) is 19.1 Å². The lowest BCUT2D eigenvalue weighted by molar-refractivity contribution is -0.147. The quantitative estimate of drug-likeness (QED) is 0.586. The summed E-state index contributed by atoms with van der Waals surface area (Å²) in [4.78, 5) is 35.6. The van der Waals surface area contributed by atoms with Gasteiger partial charge in [-0.25, -0.2) is 4.79 Å². The minimum atomic E-state index is -4.73. The van der Waals surface area contributed by atoms with Gasteiger partial charge in [0.15, 0.2) is 12.2 Å². The van der Waals surface area contributed by atoms with Crippen molar-refractivity contribution in [2.75, 3.05) is 11.9 Å². The molecule has 0 aliphatic carbocycles. The van der Waals surface area contributed by atoms with Gasteiger partial charge in [0, 0.05) is 11.6 Å². The first-order chi connectivity index (χ1) is 14.1. The number of para-hydroxylation sites is 2. The molecule has 3 rings (SSSR count). The highest BCUT2D eigenvalue weighted by atomic mass is 35.5. The van der Waals surface area contributed by atoms with E-state index in [0.29, 0.717) is 17.2 Å². The largest absolute Gasteiger partial charge is 0.456 e. The molecule has 0 atom stereocenters. The van der Waals surface area contributed by atoms with Gasteiger partial charge in [-0.3, -0.25) is 14.2 Å². The van der Waals surface area contributed by atoms with Crippen LogP contribution in [0.2, 0.25) is 5.02 Å². The van der Waals surface area contributed by atoms with E-state index in [1.165, 1.54) is 10.6 Å². The van der Waals surface area contributed by atoms with Crippen LogP contribution in [0.1, 0.15) is 12.0 Å². The molecule has 2 aromatic carbocycles. The van der Waals surface area contributed by atoms with Crippen LogP contribution in [-0.2, 0) is 27.0 Å². The molecule has 0 saturated heterocycles. The predicted molar refractivity (Wildman–Crippen MR) is 101 cm³/mol. The van der Waals surface area contributed by atoms with Crippen molar-refractivity contribution < 1.29 is 31.9 Å². The fourth-order valence-electron chi connectivity index (χ4n) is 2.69. The number of anilines is 1. The molecular formula is C19H14ClF3N2O5. The Balaban J connectivity index is 1.56. The summed E-state index contributed by atoms with van der Waals surface area (Å²) in [7, 11) is 0. The van der Waals surface area contributed by atoms with Crippen molar-refractivity contribution in [1.29, 1.82) is 0 Å². The summed E-state index contributed by atoms with van der Waals surface area (Å²) in [5.74, 6) is -2.42. The Morgan fingerprint density at radius 2 is 1.90 bits per heavy atom. The van der Waals surface area contributed by atoms with Gasteiger partial charge in [-0.2, -0.15) is 13.2 Å². The minimum Gasteiger partial charge on any atom is -0.456 e. The summed E-state index contributed by atoms with van der Waals surface area (Å²) in [6, 6.07) is 9.49. The number of carbonyl (C=O) groups is 2. The number of alkyl halides is 3. The molecule has 0 fully saturated rings. The number of nitrogens with one attached hydrogen (secondary N) is 1. The molecule has 0 aliphatic rings. The lowest BCUT2D eigenvalue weighted by Crippen LogP contribution is -2.24. The number of benzene rings is 2. The molecule has 0 spiro atoms. The van der Waals surface area contributed by atoms with Gasteiger partial charge in [0.25, 0.3) is 5.91 Å². The average Bonchev–Trinajstić information content (AvgIpc) is 3.00. The fourth-order valence-corrected chi connectivity index (χ4v) is 2.87. The van der Waals surface area contributed by atoms with Crippen molar-refractivity contribution in [3.63, 3.8) is 0 Å². The number of halogens is 4. The van der Waals surface area contributed by atoms with Gasteiger partial charge < -0.3 is 14.5 Å². The van der Waals surface area contributed by atoms with E-state index in [-0.39, 0.29) is 18.0 Å². The molecule has 0 unspecified atom stereocenters. The summed E-state index contributed by atoms with van der Waals surface area (Å²) in [6.45, 7) is -0.842. The highest BCUT2D eigenvalue weighted by Gasteiger charge is 2.34. The third kappa shape index (κ3) is 5.01. The van der Waals surface area contributed by atoms with Crippen LogP contribution in [0.25, 0.3) is 11.1 Å². The first kappa shape index (κ1) is 21.4. The van der Waals surface area contributed by atoms with Crippen LogP contribution in [0.15, 0.2) is 51.7 Å². The Kier molecular flexibility index (Phi) is 6.16. The number of nitrogens with zero attached hydrogens (tertiary/aromatic N) is 1. The molecule has 158 valence electrons. The van der Waals surface area contributed by atoms with Crippen molar-refractivity contribution in [1.82, 2.24) is 4.57 Å². The predicted octanol–water partition coefficient (Wildman–Crippen LogP) is 3.84. The molecule has 1 heterocycles. The molecule has 0 radical (unpaired) electrons. The van der Waals surface area contributed by atoms with Crippen molar-refractivity contribution in [2.24, 2.45) is 0 Å². The number of hydrogen-bond donors (Lipinski definition) is 1. The maximum atomic E-state index is 13.0. The first-order valence-electron chi connectivity index (χ1n) is 8.56. The first-order valence-corrected chi connectivity index (χ1v) is 8.93. The second kappa shape index (κ2) is 8.62. The van der Waals surface area contributed by atoms with Gasteiger partial charge in [-0.15, -0.1) is 0 Å². The number of amides is 1. The van der Waals surface area contributed by atoms with Crippen LogP contribution in [0.4, 0.5) is 18.9 Å². The minimum absolute atomic E-state index is 0.0499. The number of oxazole rings is 1. The van der Waals surface area contributed by atoms with Crippen molar-refractivity contribution in [3.05, 3.63) is 63.6 Å². The summed E-state index contributed by atoms with van der Waals surface area (Å²) in [5, 5.41) is 1.89. The lowest BCUT2D eigenvalue weighted by Gasteiger charge is -2.14. The maximum Gasteiger partial charge on any atom is 0.419 e. The topological polar surface area (TPSA) is 90.5 Å². The van der Waals surface area contributed by atoms with Gasteiger partial charge in [0.2, 0.25) is 0 Å². The third-order valence-corrected chi connectivity index (χ3v) is 4.27. The standard InChI is InChI=1S/C19H14ClF3N2O5/c20-11-5-6-13(12(9-11)19(21,22)23)24-16(26)10-29-17(27)7-8-25-14-3-1-2-4-15(14)30-18(25)28/h1-6,9H,7-8,10H2,(H,24,26). The number of carbonyl (C=O) groups excluding carboxylic acids is 2. The van der Waals surface area contributed by atoms with Crippen LogP contribution >= 0.6 is 11.6 Å². The molecule has 3 aromatic rings. The number of fused-ring (bicyclic) bond motifs is 1. The number of aromatic nitrogens is 1. The Morgan fingerprint density at radius 3 is 2.63 bits per heavy atom. The van der Waals surface area contributed by atoms with E-state index in [1.54, 1.807) is 24.3 Å². The zero-order valence-corrected chi connectivity index (χ0v) is 15.9. The second-order valence-corrected chi connectivity index (χ2v) is 6.57.